The van der Waals surface area contributed by atoms with E-state index in [1.807, 2.05) is 6.20 Å². The summed E-state index contributed by atoms with van der Waals surface area (Å²) in [4.78, 5) is 4.22. The topological polar surface area (TPSA) is 34.1 Å². The molecule has 1 aromatic rings. The molecule has 0 spiro atoms. The lowest BCUT2D eigenvalue weighted by molar-refractivity contribution is 0.217. The fourth-order valence-corrected chi connectivity index (χ4v) is 2.52. The summed E-state index contributed by atoms with van der Waals surface area (Å²) in [7, 11) is 0. The van der Waals surface area contributed by atoms with E-state index in [0.717, 1.165) is 18.7 Å². The van der Waals surface area contributed by atoms with Crippen LogP contribution >= 0.6 is 0 Å². The number of ether oxygens (including phenoxy) is 1. The molecule has 1 N–H and O–H groups in total. The van der Waals surface area contributed by atoms with E-state index in [-0.39, 0.29) is 6.67 Å². The number of hydrogen-bond donors (Lipinski definition) is 1. The van der Waals surface area contributed by atoms with Gasteiger partial charge < -0.3 is 10.1 Å². The lowest BCUT2D eigenvalue weighted by Crippen LogP contribution is -2.46. The van der Waals surface area contributed by atoms with Crippen LogP contribution in [0.25, 0.3) is 0 Å². The molecule has 1 unspecified atom stereocenters. The smallest absolute Gasteiger partial charge is 0.137 e. The summed E-state index contributed by atoms with van der Waals surface area (Å²) in [6.07, 6.45) is 6.61. The molecule has 3 nitrogen and oxygen atoms in total. The van der Waals surface area contributed by atoms with Crippen molar-refractivity contribution >= 4 is 0 Å². The average molecular weight is 250 g/mol. The lowest BCUT2D eigenvalue weighted by Gasteiger charge is -2.27. The summed E-state index contributed by atoms with van der Waals surface area (Å²) < 4.78 is 18.0. The maximum absolute atomic E-state index is 12.3. The normalized spacial score (nSPS) is 29.7. The van der Waals surface area contributed by atoms with Gasteiger partial charge in [-0.3, -0.25) is 9.37 Å². The quantitative estimate of drug-likeness (QED) is 0.841. The van der Waals surface area contributed by atoms with Crippen molar-refractivity contribution in [2.45, 2.75) is 31.2 Å². The zero-order valence-electron chi connectivity index (χ0n) is 10.4. The van der Waals surface area contributed by atoms with Gasteiger partial charge >= 0.3 is 0 Å². The molecular formula is C14H19FN2O. The van der Waals surface area contributed by atoms with Crippen LogP contribution in [0.5, 0.6) is 5.75 Å². The molecule has 2 heterocycles. The first kappa shape index (κ1) is 11.9. The van der Waals surface area contributed by atoms with Crippen LogP contribution < -0.4 is 10.1 Å². The van der Waals surface area contributed by atoms with Crippen LogP contribution in [0, 0.1) is 5.92 Å². The van der Waals surface area contributed by atoms with Crippen molar-refractivity contribution in [1.82, 2.24) is 10.3 Å². The van der Waals surface area contributed by atoms with Gasteiger partial charge in [0.05, 0.1) is 12.9 Å². The van der Waals surface area contributed by atoms with Gasteiger partial charge in [-0.15, -0.1) is 0 Å². The Morgan fingerprint density at radius 3 is 3.06 bits per heavy atom. The minimum Gasteiger partial charge on any atom is -0.490 e. The molecular weight excluding hydrogens is 231 g/mol. The van der Waals surface area contributed by atoms with Crippen molar-refractivity contribution in [1.29, 1.82) is 0 Å². The van der Waals surface area contributed by atoms with Crippen LogP contribution in [0.2, 0.25) is 0 Å². The maximum atomic E-state index is 12.3. The van der Waals surface area contributed by atoms with Crippen molar-refractivity contribution < 1.29 is 9.13 Å². The van der Waals surface area contributed by atoms with E-state index in [1.54, 1.807) is 6.20 Å². The molecule has 1 aromatic heterocycles. The highest BCUT2D eigenvalue weighted by Crippen LogP contribution is 2.49. The van der Waals surface area contributed by atoms with Crippen molar-refractivity contribution in [3.63, 3.8) is 0 Å². The molecule has 0 bridgehead atoms. The summed E-state index contributed by atoms with van der Waals surface area (Å²) >= 11 is 0. The Labute approximate surface area is 107 Å². The number of rotatable bonds is 6. The van der Waals surface area contributed by atoms with Crippen molar-refractivity contribution in [2.24, 2.45) is 5.92 Å². The average Bonchev–Trinajstić information content (AvgIpc) is 3.07. The molecule has 3 rings (SSSR count). The molecule has 1 aliphatic carbocycles. The van der Waals surface area contributed by atoms with Crippen LogP contribution in [0.15, 0.2) is 18.5 Å². The van der Waals surface area contributed by atoms with Crippen molar-refractivity contribution in [2.75, 3.05) is 19.8 Å². The third-order valence-electron chi connectivity index (χ3n) is 3.94. The maximum Gasteiger partial charge on any atom is 0.137 e. The molecule has 0 radical (unpaired) electrons. The minimum atomic E-state index is -0.210. The van der Waals surface area contributed by atoms with Gasteiger partial charge in [0.25, 0.3) is 0 Å². The summed E-state index contributed by atoms with van der Waals surface area (Å²) in [6.45, 7) is 1.60. The molecule has 98 valence electrons. The molecule has 1 aliphatic heterocycles. The first-order chi connectivity index (χ1) is 8.86. The van der Waals surface area contributed by atoms with Crippen molar-refractivity contribution in [3.8, 4) is 5.75 Å². The molecule has 2 fully saturated rings. The zero-order chi connectivity index (χ0) is 12.4. The van der Waals surface area contributed by atoms with Crippen LogP contribution in [-0.2, 0) is 0 Å². The highest BCUT2D eigenvalue weighted by atomic mass is 19.1. The lowest BCUT2D eigenvalue weighted by atomic mass is 10.1. The summed E-state index contributed by atoms with van der Waals surface area (Å²) in [5.41, 5.74) is 1.20. The van der Waals surface area contributed by atoms with Gasteiger partial charge in [-0.25, -0.2) is 0 Å². The van der Waals surface area contributed by atoms with Crippen LogP contribution in [0.4, 0.5) is 4.39 Å². The predicted octanol–water partition coefficient (Wildman–Crippen LogP) is 2.29. The van der Waals surface area contributed by atoms with Gasteiger partial charge in [-0.1, -0.05) is 0 Å². The first-order valence-corrected chi connectivity index (χ1v) is 6.74. The molecule has 2 aliphatic rings. The second-order valence-corrected chi connectivity index (χ2v) is 5.28. The fraction of sp³-hybridized carbons (Fsp3) is 0.643. The van der Waals surface area contributed by atoms with E-state index in [1.165, 1.54) is 12.0 Å². The Kier molecular flexibility index (Phi) is 3.46. The summed E-state index contributed by atoms with van der Waals surface area (Å²) in [6, 6.07) is 2.56. The molecule has 3 atom stereocenters. The number of aromatic nitrogens is 1. The minimum absolute atomic E-state index is 0.210. The van der Waals surface area contributed by atoms with Crippen molar-refractivity contribution in [3.05, 3.63) is 24.0 Å². The standard InChI is InChI=1S/C14H19FN2O/c15-3-1-10-6-14(10)11-5-13(8-16-7-11)18-9-12-2-4-17-12/h5,7-8,10,12,14,17H,1-4,6,9H2/t10-,12-,14?/m0/s1. The Bertz CT molecular complexity index is 409. The highest BCUT2D eigenvalue weighted by Gasteiger charge is 2.38. The third-order valence-corrected chi connectivity index (χ3v) is 3.94. The molecule has 18 heavy (non-hydrogen) atoms. The van der Waals surface area contributed by atoms with Gasteiger partial charge in [0.1, 0.15) is 12.4 Å². The second-order valence-electron chi connectivity index (χ2n) is 5.28. The Morgan fingerprint density at radius 2 is 2.33 bits per heavy atom. The number of hydrogen-bond acceptors (Lipinski definition) is 3. The zero-order valence-corrected chi connectivity index (χ0v) is 10.4. The van der Waals surface area contributed by atoms with E-state index in [2.05, 4.69) is 16.4 Å². The Hall–Kier alpha value is -1.16. The Morgan fingerprint density at radius 1 is 1.44 bits per heavy atom. The largest absolute Gasteiger partial charge is 0.490 e. The van der Waals surface area contributed by atoms with E-state index >= 15 is 0 Å². The third kappa shape index (κ3) is 2.64. The van der Waals surface area contributed by atoms with Gasteiger partial charge in [-0.2, -0.15) is 0 Å². The monoisotopic (exact) mass is 250 g/mol. The summed E-state index contributed by atoms with van der Waals surface area (Å²) in [5, 5.41) is 3.30. The molecule has 1 saturated heterocycles. The van der Waals surface area contributed by atoms with Crippen LogP contribution in [-0.4, -0.2) is 30.9 Å². The number of pyridine rings is 1. The summed E-state index contributed by atoms with van der Waals surface area (Å²) in [5.74, 6) is 1.85. The molecule has 0 amide bonds. The number of halogens is 1. The van der Waals surface area contributed by atoms with Gasteiger partial charge in [-0.05, 0) is 49.3 Å². The predicted molar refractivity (Wildman–Crippen MR) is 67.6 cm³/mol. The molecule has 4 heteroatoms. The van der Waals surface area contributed by atoms with Crippen LogP contribution in [0.1, 0.15) is 30.7 Å². The van der Waals surface area contributed by atoms with E-state index in [9.17, 15) is 4.39 Å². The fourth-order valence-electron chi connectivity index (χ4n) is 2.52. The van der Waals surface area contributed by atoms with E-state index in [4.69, 9.17) is 4.74 Å². The molecule has 0 aromatic carbocycles. The number of nitrogens with zero attached hydrogens (tertiary/aromatic N) is 1. The highest BCUT2D eigenvalue weighted by molar-refractivity contribution is 5.30. The Balaban J connectivity index is 1.55. The van der Waals surface area contributed by atoms with Crippen LogP contribution in [0.3, 0.4) is 0 Å². The number of nitrogens with one attached hydrogen (secondary N) is 1. The van der Waals surface area contributed by atoms with E-state index < -0.39 is 0 Å². The second kappa shape index (κ2) is 5.22. The number of alkyl halides is 1. The van der Waals surface area contributed by atoms with Gasteiger partial charge in [0.2, 0.25) is 0 Å². The van der Waals surface area contributed by atoms with Gasteiger partial charge in [0.15, 0.2) is 0 Å². The first-order valence-electron chi connectivity index (χ1n) is 6.74. The van der Waals surface area contributed by atoms with Gasteiger partial charge in [0, 0.05) is 12.2 Å². The SMILES string of the molecule is FCC[C@H]1CC1c1cncc(OC[C@@H]2CCN2)c1. The van der Waals surface area contributed by atoms with E-state index in [0.29, 0.717) is 30.9 Å². The molecule has 1 saturated carbocycles.